The van der Waals surface area contributed by atoms with Crippen LogP contribution < -0.4 is 5.32 Å². The lowest BCUT2D eigenvalue weighted by Gasteiger charge is -2.28. The van der Waals surface area contributed by atoms with Crippen LogP contribution in [-0.4, -0.2) is 22.1 Å². The van der Waals surface area contributed by atoms with Crippen LogP contribution in [0.3, 0.4) is 0 Å². The smallest absolute Gasteiger partial charge is 0.0961 e. The molecule has 2 unspecified atom stereocenters. The molecule has 0 fully saturated rings. The summed E-state index contributed by atoms with van der Waals surface area (Å²) in [7, 11) is 0. The fourth-order valence-electron chi connectivity index (χ4n) is 3.23. The van der Waals surface area contributed by atoms with E-state index in [9.17, 15) is 0 Å². The van der Waals surface area contributed by atoms with Gasteiger partial charge in [-0.25, -0.2) is 4.98 Å². The molecule has 1 aromatic heterocycles. The highest BCUT2D eigenvalue weighted by Crippen LogP contribution is 2.26. The van der Waals surface area contributed by atoms with Crippen LogP contribution in [0.15, 0.2) is 18.5 Å². The van der Waals surface area contributed by atoms with Gasteiger partial charge in [-0.05, 0) is 56.5 Å². The van der Waals surface area contributed by atoms with E-state index >= 15 is 0 Å². The molecule has 0 spiro atoms. The maximum absolute atomic E-state index is 4.63. The number of likely N-dealkylation sites (N-methyl/N-ethyl adjacent to an activating group) is 1. The summed E-state index contributed by atoms with van der Waals surface area (Å²) in [5, 5.41) is 3.66. The number of hydrogen-bond donors (Lipinski definition) is 1. The van der Waals surface area contributed by atoms with Gasteiger partial charge >= 0.3 is 0 Å². The van der Waals surface area contributed by atoms with Crippen molar-refractivity contribution in [2.75, 3.05) is 6.54 Å². The van der Waals surface area contributed by atoms with Gasteiger partial charge in [-0.2, -0.15) is 0 Å². The Hall–Kier alpha value is -1.35. The van der Waals surface area contributed by atoms with E-state index in [0.29, 0.717) is 12.1 Å². The topological polar surface area (TPSA) is 29.9 Å². The predicted octanol–water partition coefficient (Wildman–Crippen LogP) is 4.38. The van der Waals surface area contributed by atoms with E-state index in [0.717, 1.165) is 18.5 Å². The molecule has 3 nitrogen and oxygen atoms in total. The van der Waals surface area contributed by atoms with Crippen LogP contribution in [0.25, 0.3) is 11.0 Å². The Morgan fingerprint density at radius 1 is 1.14 bits per heavy atom. The number of hydrogen-bond acceptors (Lipinski definition) is 2. The normalized spacial score (nSPS) is 14.5. The Labute approximate surface area is 128 Å². The van der Waals surface area contributed by atoms with Gasteiger partial charge in [0.2, 0.25) is 0 Å². The largest absolute Gasteiger partial charge is 0.326 e. The van der Waals surface area contributed by atoms with Crippen LogP contribution in [0.4, 0.5) is 0 Å². The minimum absolute atomic E-state index is 0.469. The second kappa shape index (κ2) is 7.08. The number of nitrogens with zero attached hydrogens (tertiary/aromatic N) is 2. The maximum atomic E-state index is 4.63. The van der Waals surface area contributed by atoms with E-state index in [1.807, 2.05) is 6.33 Å². The molecule has 1 N–H and O–H groups in total. The first kappa shape index (κ1) is 16.0. The second-order valence-corrected chi connectivity index (χ2v) is 6.01. The first-order valence-corrected chi connectivity index (χ1v) is 8.29. The molecule has 3 heteroatoms. The molecule has 2 atom stereocenters. The lowest BCUT2D eigenvalue weighted by atomic mass is 10.00. The van der Waals surface area contributed by atoms with E-state index in [-0.39, 0.29) is 0 Å². The zero-order valence-corrected chi connectivity index (χ0v) is 14.1. The van der Waals surface area contributed by atoms with Crippen LogP contribution in [0.5, 0.6) is 0 Å². The molecule has 1 heterocycles. The first-order chi connectivity index (χ1) is 10.1. The summed E-state index contributed by atoms with van der Waals surface area (Å²) < 4.78 is 2.38. The maximum Gasteiger partial charge on any atom is 0.0961 e. The third-order valence-corrected chi connectivity index (χ3v) is 4.50. The average molecular weight is 287 g/mol. The summed E-state index contributed by atoms with van der Waals surface area (Å²) in [5.41, 5.74) is 5.04. The van der Waals surface area contributed by atoms with E-state index < -0.39 is 0 Å². The van der Waals surface area contributed by atoms with Crippen molar-refractivity contribution in [3.8, 4) is 0 Å². The van der Waals surface area contributed by atoms with Crippen molar-refractivity contribution in [2.45, 2.75) is 66.0 Å². The molecule has 2 aromatic rings. The Balaban J connectivity index is 2.43. The van der Waals surface area contributed by atoms with Gasteiger partial charge in [0.15, 0.2) is 0 Å². The van der Waals surface area contributed by atoms with Crippen molar-refractivity contribution < 1.29 is 0 Å². The SMILES string of the molecule is CCCC(NCC)C(CC)n1cnc2cc(C)c(C)cc21. The van der Waals surface area contributed by atoms with Crippen LogP contribution in [-0.2, 0) is 0 Å². The molecule has 0 aliphatic rings. The molecule has 116 valence electrons. The second-order valence-electron chi connectivity index (χ2n) is 6.01. The number of rotatable bonds is 7. The highest BCUT2D eigenvalue weighted by molar-refractivity contribution is 5.77. The van der Waals surface area contributed by atoms with Crippen molar-refractivity contribution in [2.24, 2.45) is 0 Å². The highest BCUT2D eigenvalue weighted by Gasteiger charge is 2.21. The summed E-state index contributed by atoms with van der Waals surface area (Å²) in [6.07, 6.45) is 5.56. The minimum atomic E-state index is 0.469. The van der Waals surface area contributed by atoms with Gasteiger partial charge in [0.05, 0.1) is 23.4 Å². The third kappa shape index (κ3) is 3.29. The van der Waals surface area contributed by atoms with Crippen LogP contribution in [0, 0.1) is 13.8 Å². The Morgan fingerprint density at radius 3 is 2.48 bits per heavy atom. The number of fused-ring (bicyclic) bond motifs is 1. The molecule has 0 saturated heterocycles. The van der Waals surface area contributed by atoms with E-state index in [1.54, 1.807) is 0 Å². The number of aryl methyl sites for hydroxylation is 2. The molecular formula is C18H29N3. The Kier molecular flexibility index (Phi) is 5.40. The lowest BCUT2D eigenvalue weighted by Crippen LogP contribution is -2.37. The van der Waals surface area contributed by atoms with Gasteiger partial charge in [0.25, 0.3) is 0 Å². The average Bonchev–Trinajstić information content (AvgIpc) is 2.84. The van der Waals surface area contributed by atoms with Crippen molar-refractivity contribution in [1.29, 1.82) is 0 Å². The van der Waals surface area contributed by atoms with Gasteiger partial charge in [-0.3, -0.25) is 0 Å². The predicted molar refractivity (Wildman–Crippen MR) is 90.9 cm³/mol. The summed E-state index contributed by atoms with van der Waals surface area (Å²) >= 11 is 0. The molecule has 0 amide bonds. The van der Waals surface area contributed by atoms with Gasteiger partial charge in [0.1, 0.15) is 0 Å². The van der Waals surface area contributed by atoms with Crippen LogP contribution in [0.1, 0.15) is 57.2 Å². The molecular weight excluding hydrogens is 258 g/mol. The lowest BCUT2D eigenvalue weighted by molar-refractivity contribution is 0.330. The van der Waals surface area contributed by atoms with Gasteiger partial charge in [-0.1, -0.05) is 27.2 Å². The molecule has 0 radical (unpaired) electrons. The summed E-state index contributed by atoms with van der Waals surface area (Å²) in [5.74, 6) is 0. The van der Waals surface area contributed by atoms with Crippen LogP contribution >= 0.6 is 0 Å². The van der Waals surface area contributed by atoms with E-state index in [4.69, 9.17) is 0 Å². The Morgan fingerprint density at radius 2 is 1.86 bits per heavy atom. The fourth-order valence-corrected chi connectivity index (χ4v) is 3.23. The molecule has 0 aliphatic carbocycles. The number of nitrogens with one attached hydrogen (secondary N) is 1. The summed E-state index contributed by atoms with van der Waals surface area (Å²) in [6.45, 7) is 12.1. The standard InChI is InChI=1S/C18H29N3/c1-6-9-15(19-8-3)17(7-2)21-12-20-16-10-13(4)14(5)11-18(16)21/h10-12,15,17,19H,6-9H2,1-5H3. The van der Waals surface area contributed by atoms with Gasteiger partial charge in [-0.15, -0.1) is 0 Å². The van der Waals surface area contributed by atoms with Crippen molar-refractivity contribution >= 4 is 11.0 Å². The fraction of sp³-hybridized carbons (Fsp3) is 0.611. The van der Waals surface area contributed by atoms with Crippen molar-refractivity contribution in [1.82, 2.24) is 14.9 Å². The monoisotopic (exact) mass is 287 g/mol. The van der Waals surface area contributed by atoms with Crippen molar-refractivity contribution in [3.05, 3.63) is 29.6 Å². The minimum Gasteiger partial charge on any atom is -0.326 e. The summed E-state index contributed by atoms with van der Waals surface area (Å²) in [6, 6.07) is 5.48. The Bertz CT molecular complexity index is 579. The molecule has 0 bridgehead atoms. The molecule has 21 heavy (non-hydrogen) atoms. The van der Waals surface area contributed by atoms with E-state index in [1.165, 1.54) is 29.5 Å². The third-order valence-electron chi connectivity index (χ3n) is 4.50. The van der Waals surface area contributed by atoms with Crippen LogP contribution in [0.2, 0.25) is 0 Å². The first-order valence-electron chi connectivity index (χ1n) is 8.29. The van der Waals surface area contributed by atoms with Gasteiger partial charge < -0.3 is 9.88 Å². The highest BCUT2D eigenvalue weighted by atomic mass is 15.1. The quantitative estimate of drug-likeness (QED) is 0.819. The molecule has 1 aromatic carbocycles. The van der Waals surface area contributed by atoms with E-state index in [2.05, 4.69) is 61.6 Å². The number of imidazole rings is 1. The number of aromatic nitrogens is 2. The molecule has 0 saturated carbocycles. The van der Waals surface area contributed by atoms with Gasteiger partial charge in [0, 0.05) is 6.04 Å². The zero-order chi connectivity index (χ0) is 15.4. The summed E-state index contributed by atoms with van der Waals surface area (Å²) in [4.78, 5) is 4.63. The molecule has 0 aliphatic heterocycles. The number of benzene rings is 1. The molecule has 2 rings (SSSR count). The zero-order valence-electron chi connectivity index (χ0n) is 14.1. The van der Waals surface area contributed by atoms with Crippen molar-refractivity contribution in [3.63, 3.8) is 0 Å².